The molecule has 2 heterocycles. The van der Waals surface area contributed by atoms with Gasteiger partial charge in [0.2, 0.25) is 12.3 Å². The fraction of sp³-hybridized carbons (Fsp3) is 0.378. The molecule has 48 heavy (non-hydrogen) atoms. The van der Waals surface area contributed by atoms with Gasteiger partial charge in [-0.2, -0.15) is 5.10 Å². The average Bonchev–Trinajstić information content (AvgIpc) is 3.52. The van der Waals surface area contributed by atoms with E-state index in [1.54, 1.807) is 25.1 Å². The molecule has 0 saturated carbocycles. The molecule has 0 unspecified atom stereocenters. The summed E-state index contributed by atoms with van der Waals surface area (Å²) in [5.74, 6) is -0.185. The summed E-state index contributed by atoms with van der Waals surface area (Å²) >= 11 is 0. The van der Waals surface area contributed by atoms with Crippen LogP contribution in [-0.2, 0) is 16.1 Å². The zero-order valence-electron chi connectivity index (χ0n) is 29.0. The van der Waals surface area contributed by atoms with Crippen LogP contribution in [0.15, 0.2) is 53.6 Å². The zero-order valence-corrected chi connectivity index (χ0v) is 29.0. The van der Waals surface area contributed by atoms with Gasteiger partial charge in [0, 0.05) is 48.5 Å². The number of likely N-dealkylation sites (tertiary alicyclic amines) is 1. The van der Waals surface area contributed by atoms with Crippen LogP contribution in [-0.4, -0.2) is 52.2 Å². The molecular formula is C37H48F2N6O3. The SMILES string of the molecule is C#CN/N=C(/C)OC[C@@H]1CCCN(Cc2c(F)cccc2F)C1.CC.CC.Cc1cc(C)c2n[nH]c(-c3ccc(O)c(NC=O)c3)c2c1. The van der Waals surface area contributed by atoms with E-state index in [2.05, 4.69) is 49.1 Å². The Bertz CT molecular complexity index is 1660. The lowest BCUT2D eigenvalue weighted by Crippen LogP contribution is -2.37. The Hall–Kier alpha value is -4.95. The molecule has 0 spiro atoms. The summed E-state index contributed by atoms with van der Waals surface area (Å²) in [5.41, 5.74) is 7.80. The lowest BCUT2D eigenvalue weighted by molar-refractivity contribution is -0.105. The molecule has 5 rings (SSSR count). The monoisotopic (exact) mass is 662 g/mol. The van der Waals surface area contributed by atoms with Gasteiger partial charge < -0.3 is 15.2 Å². The van der Waals surface area contributed by atoms with E-state index in [9.17, 15) is 18.7 Å². The molecule has 0 bridgehead atoms. The number of hydrogen-bond donors (Lipinski definition) is 4. The number of aromatic nitrogens is 2. The highest BCUT2D eigenvalue weighted by Gasteiger charge is 2.22. The second-order valence-electron chi connectivity index (χ2n) is 10.7. The molecule has 11 heteroatoms. The number of phenolic OH excluding ortho intramolecular Hbond substituents is 1. The molecule has 1 amide bonds. The predicted octanol–water partition coefficient (Wildman–Crippen LogP) is 7.88. The zero-order chi connectivity index (χ0) is 35.6. The number of hydrazone groups is 1. The normalized spacial score (nSPS) is 14.2. The Labute approximate surface area is 282 Å². The number of halogens is 2. The number of terminal acetylenes is 1. The van der Waals surface area contributed by atoms with E-state index in [-0.39, 0.29) is 17.9 Å². The van der Waals surface area contributed by atoms with Crippen molar-refractivity contribution in [3.05, 3.63) is 76.9 Å². The largest absolute Gasteiger partial charge is 0.506 e. The Kier molecular flexibility index (Phi) is 16.6. The molecule has 1 aliphatic heterocycles. The van der Waals surface area contributed by atoms with Crippen LogP contribution in [0.1, 0.15) is 64.2 Å². The first kappa shape index (κ1) is 39.2. The molecular weight excluding hydrogens is 614 g/mol. The Morgan fingerprint density at radius 1 is 1.17 bits per heavy atom. The van der Waals surface area contributed by atoms with E-state index in [0.717, 1.165) is 59.2 Å². The van der Waals surface area contributed by atoms with Crippen molar-refractivity contribution < 1.29 is 23.4 Å². The minimum absolute atomic E-state index is 0.0297. The van der Waals surface area contributed by atoms with Gasteiger partial charge in [-0.15, -0.1) is 5.10 Å². The summed E-state index contributed by atoms with van der Waals surface area (Å²) < 4.78 is 33.0. The van der Waals surface area contributed by atoms with Gasteiger partial charge in [-0.3, -0.25) is 14.8 Å². The van der Waals surface area contributed by atoms with Crippen LogP contribution in [0.2, 0.25) is 0 Å². The fourth-order valence-electron chi connectivity index (χ4n) is 5.28. The van der Waals surface area contributed by atoms with E-state index < -0.39 is 11.6 Å². The van der Waals surface area contributed by atoms with Gasteiger partial charge in [-0.25, -0.2) is 14.2 Å². The number of nitrogens with one attached hydrogen (secondary N) is 3. The first-order chi connectivity index (χ1) is 23.2. The van der Waals surface area contributed by atoms with Crippen LogP contribution in [0, 0.1) is 43.9 Å². The van der Waals surface area contributed by atoms with Crippen molar-refractivity contribution in [3.63, 3.8) is 0 Å². The third-order valence-corrected chi connectivity index (χ3v) is 7.35. The Morgan fingerprint density at radius 2 is 1.88 bits per heavy atom. The lowest BCUT2D eigenvalue weighted by atomic mass is 9.98. The maximum atomic E-state index is 13.7. The lowest BCUT2D eigenvalue weighted by Gasteiger charge is -2.32. The van der Waals surface area contributed by atoms with Crippen molar-refractivity contribution in [2.75, 3.05) is 25.0 Å². The highest BCUT2D eigenvalue weighted by atomic mass is 19.1. The summed E-state index contributed by atoms with van der Waals surface area (Å²) in [5, 5.41) is 24.5. The van der Waals surface area contributed by atoms with Crippen LogP contribution in [0.25, 0.3) is 22.2 Å². The smallest absolute Gasteiger partial charge is 0.211 e. The first-order valence-electron chi connectivity index (χ1n) is 16.2. The second-order valence-corrected chi connectivity index (χ2v) is 10.7. The molecule has 4 aromatic rings. The number of phenols is 1. The number of anilines is 1. The van der Waals surface area contributed by atoms with Crippen molar-refractivity contribution in [2.24, 2.45) is 11.0 Å². The summed E-state index contributed by atoms with van der Waals surface area (Å²) in [4.78, 5) is 12.6. The third-order valence-electron chi connectivity index (χ3n) is 7.35. The van der Waals surface area contributed by atoms with Crippen molar-refractivity contribution in [3.8, 4) is 29.5 Å². The topological polar surface area (TPSA) is 115 Å². The molecule has 4 N–H and O–H groups in total. The molecule has 3 aromatic carbocycles. The van der Waals surface area contributed by atoms with Crippen molar-refractivity contribution in [1.82, 2.24) is 20.5 Å². The van der Waals surface area contributed by atoms with Gasteiger partial charge in [-0.1, -0.05) is 51.8 Å². The van der Waals surface area contributed by atoms with Crippen molar-refractivity contribution in [1.29, 1.82) is 0 Å². The van der Waals surface area contributed by atoms with Crippen LogP contribution in [0.3, 0.4) is 0 Å². The summed E-state index contributed by atoms with van der Waals surface area (Å²) in [6, 6.07) is 15.4. The number of ether oxygens (including phenoxy) is 1. The number of amides is 1. The maximum Gasteiger partial charge on any atom is 0.211 e. The molecule has 1 fully saturated rings. The quantitative estimate of drug-likeness (QED) is 0.0290. The van der Waals surface area contributed by atoms with Gasteiger partial charge in [0.15, 0.2) is 0 Å². The van der Waals surface area contributed by atoms with E-state index in [1.165, 1.54) is 18.2 Å². The highest BCUT2D eigenvalue weighted by molar-refractivity contribution is 5.96. The number of hydrogen-bond acceptors (Lipinski definition) is 7. The molecule has 1 aromatic heterocycles. The molecule has 258 valence electrons. The van der Waals surface area contributed by atoms with Crippen LogP contribution in [0.5, 0.6) is 5.75 Å². The summed E-state index contributed by atoms with van der Waals surface area (Å²) in [7, 11) is 0. The van der Waals surface area contributed by atoms with Crippen LogP contribution < -0.4 is 10.7 Å². The summed E-state index contributed by atoms with van der Waals surface area (Å²) in [6.07, 6.45) is 7.57. The van der Waals surface area contributed by atoms with Gasteiger partial charge in [0.05, 0.1) is 23.5 Å². The van der Waals surface area contributed by atoms with Gasteiger partial charge in [0.1, 0.15) is 17.4 Å². The standard InChI is InChI=1S/C17H21F2N3O.C16H15N3O2.2C2H6/c1-3-20-21-13(2)23-12-14-6-5-9-22(10-14)11-15-16(18)7-4-8-17(15)19;1-9-5-10(2)15-12(6-9)16(19-18-15)11-3-4-14(21)13(7-11)17-8-20;2*1-2/h1,4,7-8,14,20H,5-6,9-12H2,2H3;3-8,21H,1-2H3,(H,17,20)(H,18,19);2*1-2H3/b21-13-;;;/t14-;;;/m1.../s1. The third kappa shape index (κ3) is 11.1. The van der Waals surface area contributed by atoms with Gasteiger partial charge >= 0.3 is 0 Å². The maximum absolute atomic E-state index is 13.7. The van der Waals surface area contributed by atoms with E-state index in [1.807, 2.05) is 41.5 Å². The molecule has 1 aliphatic rings. The number of rotatable bonds is 8. The minimum Gasteiger partial charge on any atom is -0.506 e. The first-order valence-corrected chi connectivity index (χ1v) is 16.2. The number of fused-ring (bicyclic) bond motifs is 1. The number of nitrogens with zero attached hydrogens (tertiary/aromatic N) is 3. The fourth-order valence-corrected chi connectivity index (χ4v) is 5.28. The van der Waals surface area contributed by atoms with Gasteiger partial charge in [-0.05, 0) is 75.2 Å². The molecule has 1 saturated heterocycles. The molecule has 0 radical (unpaired) electrons. The number of aromatic hydroxyl groups is 1. The summed E-state index contributed by atoms with van der Waals surface area (Å²) in [6.45, 7) is 16.1. The van der Waals surface area contributed by atoms with E-state index in [4.69, 9.17) is 11.2 Å². The van der Waals surface area contributed by atoms with Crippen LogP contribution >= 0.6 is 0 Å². The van der Waals surface area contributed by atoms with E-state index >= 15 is 0 Å². The number of carbonyl (C=O) groups excluding carboxylic acids is 1. The number of aromatic amines is 1. The molecule has 0 aliphatic carbocycles. The van der Waals surface area contributed by atoms with Crippen molar-refractivity contribution in [2.45, 2.75) is 67.9 Å². The van der Waals surface area contributed by atoms with Crippen molar-refractivity contribution >= 4 is 28.9 Å². The average molecular weight is 663 g/mol. The number of benzene rings is 3. The Morgan fingerprint density at radius 3 is 2.54 bits per heavy atom. The number of carbonyl (C=O) groups is 1. The molecule has 1 atom stereocenters. The van der Waals surface area contributed by atoms with Gasteiger partial charge in [0.25, 0.3) is 0 Å². The number of aryl methyl sites for hydroxylation is 2. The predicted molar refractivity (Wildman–Crippen MR) is 190 cm³/mol. The second kappa shape index (κ2) is 20.3. The van der Waals surface area contributed by atoms with E-state index in [0.29, 0.717) is 30.5 Å². The number of piperidine rings is 1. The number of H-pyrrole nitrogens is 1. The highest BCUT2D eigenvalue weighted by Crippen LogP contribution is 2.33. The Balaban J connectivity index is 0.000000303. The molecule has 9 nitrogen and oxygen atoms in total. The minimum atomic E-state index is -0.494. The van der Waals surface area contributed by atoms with Crippen LogP contribution in [0.4, 0.5) is 14.5 Å².